The summed E-state index contributed by atoms with van der Waals surface area (Å²) in [6, 6.07) is 13.1. The predicted octanol–water partition coefficient (Wildman–Crippen LogP) is 3.97. The first-order valence-corrected chi connectivity index (χ1v) is 7.84. The molecule has 1 atom stereocenters. The Morgan fingerprint density at radius 1 is 1.08 bits per heavy atom. The lowest BCUT2D eigenvalue weighted by molar-refractivity contribution is -0.141. The van der Waals surface area contributed by atoms with E-state index in [4.69, 9.17) is 9.47 Å². The second-order valence-electron chi connectivity index (χ2n) is 6.55. The summed E-state index contributed by atoms with van der Waals surface area (Å²) in [6.45, 7) is 5.37. The molecule has 0 saturated carbocycles. The Morgan fingerprint density at radius 3 is 2.42 bits per heavy atom. The van der Waals surface area contributed by atoms with Gasteiger partial charge in [-0.3, -0.25) is 4.79 Å². The first kappa shape index (κ1) is 17.8. The molecule has 0 aromatic heterocycles. The van der Waals surface area contributed by atoms with Crippen LogP contribution in [-0.2, 0) is 14.3 Å². The molecule has 0 fully saturated rings. The molecule has 0 radical (unpaired) electrons. The number of carbonyl (C=O) groups excluding carboxylic acids is 2. The van der Waals surface area contributed by atoms with Gasteiger partial charge in [-0.2, -0.15) is 0 Å². The lowest BCUT2D eigenvalue weighted by Crippen LogP contribution is -2.36. The van der Waals surface area contributed by atoms with Gasteiger partial charge in [-0.1, -0.05) is 42.5 Å². The second kappa shape index (κ2) is 7.34. The van der Waals surface area contributed by atoms with Gasteiger partial charge >= 0.3 is 12.1 Å². The van der Waals surface area contributed by atoms with E-state index < -0.39 is 23.7 Å². The minimum absolute atomic E-state index is 0.0315. The van der Waals surface area contributed by atoms with Crippen molar-refractivity contribution in [2.45, 2.75) is 38.8 Å². The van der Waals surface area contributed by atoms with Crippen molar-refractivity contribution in [1.29, 1.82) is 0 Å². The minimum atomic E-state index is -0.612. The van der Waals surface area contributed by atoms with Gasteiger partial charge in [-0.15, -0.1) is 0 Å². The molecular formula is C19H23NO4. The molecule has 1 N–H and O–H groups in total. The molecule has 2 aromatic rings. The molecule has 24 heavy (non-hydrogen) atoms. The standard InChI is InChI=1S/C19H23NO4/c1-19(2,3)24-18(22)20-16(12-17(21)23-4)15-11-7-9-13-8-5-6-10-14(13)15/h5-11,16H,12H2,1-4H3,(H,20,22). The molecule has 5 heteroatoms. The monoisotopic (exact) mass is 329 g/mol. The van der Waals surface area contributed by atoms with Crippen molar-refractivity contribution in [2.24, 2.45) is 0 Å². The van der Waals surface area contributed by atoms with Gasteiger partial charge in [0.1, 0.15) is 5.60 Å². The first-order valence-electron chi connectivity index (χ1n) is 7.84. The van der Waals surface area contributed by atoms with Crippen LogP contribution in [0.2, 0.25) is 0 Å². The number of hydrogen-bond acceptors (Lipinski definition) is 4. The number of benzene rings is 2. The van der Waals surface area contributed by atoms with Crippen molar-refractivity contribution in [3.05, 3.63) is 48.0 Å². The van der Waals surface area contributed by atoms with Crippen LogP contribution in [0, 0.1) is 0 Å². The molecular weight excluding hydrogens is 306 g/mol. The number of alkyl carbamates (subject to hydrolysis) is 1. The summed E-state index contributed by atoms with van der Waals surface area (Å²) in [4.78, 5) is 23.9. The average Bonchev–Trinajstić information content (AvgIpc) is 2.51. The Kier molecular flexibility index (Phi) is 5.44. The molecule has 1 amide bonds. The van der Waals surface area contributed by atoms with E-state index >= 15 is 0 Å². The number of methoxy groups -OCH3 is 1. The topological polar surface area (TPSA) is 64.6 Å². The summed E-state index contributed by atoms with van der Waals surface area (Å²) >= 11 is 0. The maximum absolute atomic E-state index is 12.2. The quantitative estimate of drug-likeness (QED) is 0.862. The number of amides is 1. The summed E-state index contributed by atoms with van der Waals surface area (Å²) in [5.74, 6) is -0.399. The molecule has 0 aliphatic carbocycles. The van der Waals surface area contributed by atoms with Crippen LogP contribution in [0.5, 0.6) is 0 Å². The third-order valence-corrected chi connectivity index (χ3v) is 3.49. The molecule has 128 valence electrons. The maximum Gasteiger partial charge on any atom is 0.408 e. The van der Waals surface area contributed by atoms with E-state index in [2.05, 4.69) is 5.32 Å². The smallest absolute Gasteiger partial charge is 0.408 e. The van der Waals surface area contributed by atoms with Gasteiger partial charge in [0.25, 0.3) is 0 Å². The fourth-order valence-corrected chi connectivity index (χ4v) is 2.49. The highest BCUT2D eigenvalue weighted by molar-refractivity contribution is 5.87. The first-order chi connectivity index (χ1) is 11.3. The van der Waals surface area contributed by atoms with Crippen molar-refractivity contribution in [2.75, 3.05) is 7.11 Å². The van der Waals surface area contributed by atoms with Crippen molar-refractivity contribution in [3.8, 4) is 0 Å². The Labute approximate surface area is 141 Å². The summed E-state index contributed by atoms with van der Waals surface area (Å²) in [5.41, 5.74) is 0.239. The van der Waals surface area contributed by atoms with Gasteiger partial charge in [0.05, 0.1) is 19.6 Å². The zero-order valence-electron chi connectivity index (χ0n) is 14.5. The summed E-state index contributed by atoms with van der Waals surface area (Å²) in [7, 11) is 1.33. The van der Waals surface area contributed by atoms with Crippen LogP contribution >= 0.6 is 0 Å². The Morgan fingerprint density at radius 2 is 1.75 bits per heavy atom. The van der Waals surface area contributed by atoms with Gasteiger partial charge in [0, 0.05) is 0 Å². The van der Waals surface area contributed by atoms with E-state index in [9.17, 15) is 9.59 Å². The highest BCUT2D eigenvalue weighted by Gasteiger charge is 2.24. The molecule has 0 saturated heterocycles. The zero-order valence-corrected chi connectivity index (χ0v) is 14.5. The maximum atomic E-state index is 12.2. The molecule has 5 nitrogen and oxygen atoms in total. The van der Waals surface area contributed by atoms with Gasteiger partial charge in [-0.25, -0.2) is 4.79 Å². The fourth-order valence-electron chi connectivity index (χ4n) is 2.49. The zero-order chi connectivity index (χ0) is 17.7. The van der Waals surface area contributed by atoms with Gasteiger partial charge in [0.15, 0.2) is 0 Å². The van der Waals surface area contributed by atoms with E-state index in [1.807, 2.05) is 42.5 Å². The van der Waals surface area contributed by atoms with Crippen LogP contribution in [-0.4, -0.2) is 24.8 Å². The Hall–Kier alpha value is -2.56. The Balaban J connectivity index is 2.34. The van der Waals surface area contributed by atoms with Crippen molar-refractivity contribution in [1.82, 2.24) is 5.32 Å². The normalized spacial score (nSPS) is 12.5. The summed E-state index contributed by atoms with van der Waals surface area (Å²) < 4.78 is 10.1. The van der Waals surface area contributed by atoms with Crippen molar-refractivity contribution < 1.29 is 19.1 Å². The minimum Gasteiger partial charge on any atom is -0.469 e. The van der Waals surface area contributed by atoms with E-state index in [1.54, 1.807) is 20.8 Å². The third kappa shape index (κ3) is 4.72. The molecule has 0 spiro atoms. The van der Waals surface area contributed by atoms with Crippen molar-refractivity contribution in [3.63, 3.8) is 0 Å². The van der Waals surface area contributed by atoms with Crippen LogP contribution in [0.1, 0.15) is 38.8 Å². The van der Waals surface area contributed by atoms with Gasteiger partial charge in [0.2, 0.25) is 0 Å². The van der Waals surface area contributed by atoms with E-state index in [-0.39, 0.29) is 6.42 Å². The molecule has 0 bridgehead atoms. The average molecular weight is 329 g/mol. The molecule has 0 heterocycles. The van der Waals surface area contributed by atoms with Crippen LogP contribution in [0.3, 0.4) is 0 Å². The van der Waals surface area contributed by atoms with Gasteiger partial charge < -0.3 is 14.8 Å². The highest BCUT2D eigenvalue weighted by Crippen LogP contribution is 2.27. The highest BCUT2D eigenvalue weighted by atomic mass is 16.6. The van der Waals surface area contributed by atoms with E-state index in [1.165, 1.54) is 7.11 Å². The number of fused-ring (bicyclic) bond motifs is 1. The van der Waals surface area contributed by atoms with Crippen LogP contribution < -0.4 is 5.32 Å². The molecule has 0 aliphatic heterocycles. The lowest BCUT2D eigenvalue weighted by atomic mass is 9.97. The number of ether oxygens (including phenoxy) is 2. The van der Waals surface area contributed by atoms with Crippen molar-refractivity contribution >= 4 is 22.8 Å². The number of rotatable bonds is 4. The Bertz CT molecular complexity index is 728. The number of hydrogen-bond donors (Lipinski definition) is 1. The van der Waals surface area contributed by atoms with E-state index in [0.717, 1.165) is 16.3 Å². The molecule has 0 aliphatic rings. The van der Waals surface area contributed by atoms with Crippen LogP contribution in [0.25, 0.3) is 10.8 Å². The van der Waals surface area contributed by atoms with Crippen LogP contribution in [0.15, 0.2) is 42.5 Å². The fraction of sp³-hybridized carbons (Fsp3) is 0.368. The van der Waals surface area contributed by atoms with E-state index in [0.29, 0.717) is 0 Å². The SMILES string of the molecule is COC(=O)CC(NC(=O)OC(C)(C)C)c1cccc2ccccc12. The van der Waals surface area contributed by atoms with Gasteiger partial charge in [-0.05, 0) is 37.1 Å². The number of nitrogens with one attached hydrogen (secondary N) is 1. The lowest BCUT2D eigenvalue weighted by Gasteiger charge is -2.24. The second-order valence-corrected chi connectivity index (χ2v) is 6.55. The number of carbonyl (C=O) groups is 2. The number of esters is 1. The largest absolute Gasteiger partial charge is 0.469 e. The molecule has 2 rings (SSSR count). The molecule has 2 aromatic carbocycles. The summed E-state index contributed by atoms with van der Waals surface area (Å²) in [5, 5.41) is 4.80. The van der Waals surface area contributed by atoms with Crippen LogP contribution in [0.4, 0.5) is 4.79 Å². The third-order valence-electron chi connectivity index (χ3n) is 3.49. The summed E-state index contributed by atoms with van der Waals surface area (Å²) in [6.07, 6.45) is -0.534. The predicted molar refractivity (Wildman–Crippen MR) is 92.7 cm³/mol. The molecule has 1 unspecified atom stereocenters.